The first-order valence-electron chi connectivity index (χ1n) is 11.4. The molecule has 0 spiro atoms. The molecule has 164 valence electrons. The average Bonchev–Trinajstić information content (AvgIpc) is 2.63. The Bertz CT molecular complexity index is 783. The quantitative estimate of drug-likeness (QED) is 0.334. The van der Waals surface area contributed by atoms with E-state index < -0.39 is 0 Å². The number of hydrogen-bond acceptors (Lipinski definition) is 1. The standard InChI is InChI=1S/C28H44N2/c1-10-28(5,6)29(7)20-24-13-17-26(18-14-24)22-30(8,9)21-25-15-11-23(12-16-25)19-27(2,3)4/h11-18,21H,10,19-20,22H2,1-9H3/q+2. The van der Waals surface area contributed by atoms with Crippen molar-refractivity contribution in [2.45, 2.75) is 73.0 Å². The second-order valence-corrected chi connectivity index (χ2v) is 11.4. The molecule has 0 saturated heterocycles. The molecule has 1 aromatic carbocycles. The van der Waals surface area contributed by atoms with Gasteiger partial charge in [0.15, 0.2) is 6.20 Å². The van der Waals surface area contributed by atoms with Crippen LogP contribution in [0, 0.1) is 11.8 Å². The molecule has 1 aliphatic carbocycles. The molecular formula is C28H44N2+2. The first-order valence-corrected chi connectivity index (χ1v) is 11.4. The summed E-state index contributed by atoms with van der Waals surface area (Å²) in [4.78, 5) is 2.44. The van der Waals surface area contributed by atoms with Crippen LogP contribution in [0.1, 0.15) is 65.5 Å². The van der Waals surface area contributed by atoms with Crippen LogP contribution in [0.5, 0.6) is 0 Å². The fourth-order valence-corrected chi connectivity index (χ4v) is 3.76. The molecule has 0 saturated carbocycles. The van der Waals surface area contributed by atoms with E-state index in [9.17, 15) is 0 Å². The van der Waals surface area contributed by atoms with Gasteiger partial charge in [0.25, 0.3) is 0 Å². The molecule has 0 radical (unpaired) electrons. The molecule has 30 heavy (non-hydrogen) atoms. The van der Waals surface area contributed by atoms with Gasteiger partial charge in [0.05, 0.1) is 14.1 Å². The maximum Gasteiger partial charge on any atom is 0.177 e. The van der Waals surface area contributed by atoms with Gasteiger partial charge in [-0.15, -0.1) is 0 Å². The van der Waals surface area contributed by atoms with Crippen LogP contribution < -0.4 is 0 Å². The minimum absolute atomic E-state index is 0.231. The maximum absolute atomic E-state index is 2.44. The summed E-state index contributed by atoms with van der Waals surface area (Å²) < 4.78 is 0.834. The number of benzene rings is 1. The predicted octanol–water partition coefficient (Wildman–Crippen LogP) is 6.90. The SMILES string of the molecule is CCC(C)(C)N(C)Cc1ccc(C[N+](C)(C)C=C2C=CC(CC(C)(C)C)=C[CH+]2)cc1. The zero-order valence-corrected chi connectivity index (χ0v) is 20.9. The minimum Gasteiger partial charge on any atom is -0.297 e. The van der Waals surface area contributed by atoms with Gasteiger partial charge in [0.1, 0.15) is 12.1 Å². The maximum atomic E-state index is 2.44. The molecule has 1 aromatic rings. The Kier molecular flexibility index (Phi) is 7.82. The van der Waals surface area contributed by atoms with E-state index in [0.717, 1.165) is 30.4 Å². The van der Waals surface area contributed by atoms with Crippen molar-refractivity contribution in [1.29, 1.82) is 0 Å². The van der Waals surface area contributed by atoms with Crippen molar-refractivity contribution in [3.63, 3.8) is 0 Å². The van der Waals surface area contributed by atoms with Gasteiger partial charge >= 0.3 is 0 Å². The van der Waals surface area contributed by atoms with Crippen LogP contribution in [-0.4, -0.2) is 36.1 Å². The zero-order valence-electron chi connectivity index (χ0n) is 20.9. The van der Waals surface area contributed by atoms with Gasteiger partial charge in [-0.1, -0.05) is 52.0 Å². The number of nitrogens with zero attached hydrogens (tertiary/aromatic N) is 2. The smallest absolute Gasteiger partial charge is 0.177 e. The Morgan fingerprint density at radius 3 is 2.07 bits per heavy atom. The van der Waals surface area contributed by atoms with Gasteiger partial charge in [-0.2, -0.15) is 0 Å². The average molecular weight is 409 g/mol. The summed E-state index contributed by atoms with van der Waals surface area (Å²) in [6.45, 7) is 15.7. The Balaban J connectivity index is 1.97. The fraction of sp³-hybridized carbons (Fsp3) is 0.536. The first-order chi connectivity index (χ1) is 13.8. The predicted molar refractivity (Wildman–Crippen MR) is 132 cm³/mol. The second-order valence-electron chi connectivity index (χ2n) is 11.4. The van der Waals surface area contributed by atoms with Gasteiger partial charge in [-0.05, 0) is 38.3 Å². The summed E-state index contributed by atoms with van der Waals surface area (Å²) in [6.07, 6.45) is 13.7. The third kappa shape index (κ3) is 7.81. The van der Waals surface area contributed by atoms with Gasteiger partial charge in [0, 0.05) is 54.3 Å². The van der Waals surface area contributed by atoms with Crippen molar-refractivity contribution < 1.29 is 4.48 Å². The van der Waals surface area contributed by atoms with Crippen LogP contribution in [0.4, 0.5) is 0 Å². The van der Waals surface area contributed by atoms with Crippen LogP contribution >= 0.6 is 0 Å². The Morgan fingerprint density at radius 2 is 1.57 bits per heavy atom. The minimum atomic E-state index is 0.231. The summed E-state index contributed by atoms with van der Waals surface area (Å²) in [5, 5.41) is 0. The van der Waals surface area contributed by atoms with Crippen LogP contribution in [0.3, 0.4) is 0 Å². The van der Waals surface area contributed by atoms with E-state index in [1.165, 1.54) is 22.3 Å². The Hall–Kier alpha value is -1.77. The molecule has 0 aromatic heterocycles. The molecular weight excluding hydrogens is 364 g/mol. The molecule has 0 atom stereocenters. The van der Waals surface area contributed by atoms with Gasteiger partial charge in [0.2, 0.25) is 0 Å². The van der Waals surface area contributed by atoms with Crippen LogP contribution in [0.15, 0.2) is 59.8 Å². The van der Waals surface area contributed by atoms with E-state index in [-0.39, 0.29) is 5.54 Å². The van der Waals surface area contributed by atoms with Crippen molar-refractivity contribution in [2.75, 3.05) is 21.1 Å². The van der Waals surface area contributed by atoms with Crippen molar-refractivity contribution >= 4 is 0 Å². The van der Waals surface area contributed by atoms with Crippen LogP contribution in [-0.2, 0) is 13.1 Å². The molecule has 2 nitrogen and oxygen atoms in total. The summed E-state index contributed by atoms with van der Waals surface area (Å²) in [5.74, 6) is 0. The monoisotopic (exact) mass is 408 g/mol. The van der Waals surface area contributed by atoms with Gasteiger partial charge in [-0.3, -0.25) is 9.38 Å². The Labute approximate surface area is 186 Å². The summed E-state index contributed by atoms with van der Waals surface area (Å²) >= 11 is 0. The summed E-state index contributed by atoms with van der Waals surface area (Å²) in [5.41, 5.74) is 6.02. The molecule has 0 aliphatic heterocycles. The molecule has 0 fully saturated rings. The molecule has 2 rings (SSSR count). The Morgan fingerprint density at radius 1 is 0.967 bits per heavy atom. The molecule has 0 N–H and O–H groups in total. The molecule has 0 heterocycles. The number of allylic oxidation sites excluding steroid dienone is 5. The zero-order chi connectivity index (χ0) is 22.6. The van der Waals surface area contributed by atoms with Crippen LogP contribution in [0.25, 0.3) is 0 Å². The third-order valence-electron chi connectivity index (χ3n) is 6.14. The number of quaternary nitrogens is 1. The summed E-state index contributed by atoms with van der Waals surface area (Å²) in [6, 6.07) is 9.17. The lowest BCUT2D eigenvalue weighted by atomic mass is 9.85. The molecule has 1 aliphatic rings. The largest absolute Gasteiger partial charge is 0.297 e. The number of hydrogen-bond donors (Lipinski definition) is 0. The molecule has 0 amide bonds. The highest BCUT2D eigenvalue weighted by Gasteiger charge is 2.23. The fourth-order valence-electron chi connectivity index (χ4n) is 3.76. The van der Waals surface area contributed by atoms with Crippen molar-refractivity contribution in [3.05, 3.63) is 77.4 Å². The lowest BCUT2D eigenvalue weighted by Gasteiger charge is -2.34. The second kappa shape index (κ2) is 9.58. The van der Waals surface area contributed by atoms with Crippen LogP contribution in [0.2, 0.25) is 0 Å². The molecule has 0 unspecified atom stereocenters. The van der Waals surface area contributed by atoms with E-state index in [1.807, 2.05) is 0 Å². The van der Waals surface area contributed by atoms with Gasteiger partial charge < -0.3 is 0 Å². The lowest BCUT2D eigenvalue weighted by Crippen LogP contribution is -2.39. The molecule has 0 bridgehead atoms. The highest BCUT2D eigenvalue weighted by atomic mass is 15.3. The molecule has 2 heteroatoms. The van der Waals surface area contributed by atoms with E-state index in [2.05, 4.69) is 123 Å². The van der Waals surface area contributed by atoms with Gasteiger partial charge in [-0.25, -0.2) is 0 Å². The normalized spacial score (nSPS) is 16.7. The van der Waals surface area contributed by atoms with Crippen molar-refractivity contribution in [3.8, 4) is 0 Å². The lowest BCUT2D eigenvalue weighted by molar-refractivity contribution is -0.853. The highest BCUT2D eigenvalue weighted by molar-refractivity contribution is 5.42. The summed E-state index contributed by atoms with van der Waals surface area (Å²) in [7, 11) is 6.77. The topological polar surface area (TPSA) is 3.24 Å². The van der Waals surface area contributed by atoms with E-state index >= 15 is 0 Å². The first kappa shape index (κ1) is 24.5. The number of rotatable bonds is 8. The highest BCUT2D eigenvalue weighted by Crippen LogP contribution is 2.28. The van der Waals surface area contributed by atoms with Crippen molar-refractivity contribution in [2.24, 2.45) is 5.41 Å². The van der Waals surface area contributed by atoms with E-state index in [4.69, 9.17) is 0 Å². The van der Waals surface area contributed by atoms with Crippen molar-refractivity contribution in [1.82, 2.24) is 4.90 Å². The van der Waals surface area contributed by atoms with E-state index in [0.29, 0.717) is 5.41 Å². The van der Waals surface area contributed by atoms with E-state index in [1.54, 1.807) is 0 Å². The third-order valence-corrected chi connectivity index (χ3v) is 6.14.